The number of carbonyl (C=O) groups is 1. The molecule has 0 saturated carbocycles. The lowest BCUT2D eigenvalue weighted by Gasteiger charge is -2.24. The van der Waals surface area contributed by atoms with Crippen molar-refractivity contribution in [3.8, 4) is 0 Å². The maximum Gasteiger partial charge on any atom is 0.318 e. The number of amides is 1. The van der Waals surface area contributed by atoms with Gasteiger partial charge in [0.15, 0.2) is 0 Å². The molecule has 1 saturated heterocycles. The Morgan fingerprint density at radius 2 is 1.60 bits per heavy atom. The zero-order valence-corrected chi connectivity index (χ0v) is 17.3. The Balaban J connectivity index is 1.59. The third kappa shape index (κ3) is 4.53. The number of piperidine rings is 1. The number of nitrogens with one attached hydrogen (secondary N) is 1. The molecular weight excluding hydrogens is 376 g/mol. The quantitative estimate of drug-likeness (QED) is 0.629. The van der Waals surface area contributed by atoms with Gasteiger partial charge in [-0.3, -0.25) is 4.79 Å². The summed E-state index contributed by atoms with van der Waals surface area (Å²) in [5.41, 5.74) is 1.92. The van der Waals surface area contributed by atoms with Crippen LogP contribution < -0.4 is 10.2 Å². The monoisotopic (exact) mass is 404 g/mol. The van der Waals surface area contributed by atoms with E-state index in [9.17, 15) is 4.79 Å². The number of anilines is 1. The van der Waals surface area contributed by atoms with Gasteiger partial charge in [-0.15, -0.1) is 5.10 Å². The Labute approximate surface area is 177 Å². The molecule has 0 spiro atoms. The number of carbonyl (C=O) groups excluding carboxylic acids is 1. The van der Waals surface area contributed by atoms with E-state index in [-0.39, 0.29) is 11.8 Å². The molecule has 1 amide bonds. The first-order valence-electron chi connectivity index (χ1n) is 10.7. The molecule has 1 aliphatic heterocycles. The molecule has 1 N–H and O–H groups in total. The molecule has 6 nitrogen and oxygen atoms in total. The van der Waals surface area contributed by atoms with Crippen LogP contribution in [0.3, 0.4) is 0 Å². The minimum absolute atomic E-state index is 0.0460. The summed E-state index contributed by atoms with van der Waals surface area (Å²) in [6.07, 6.45) is 4.20. The van der Waals surface area contributed by atoms with E-state index < -0.39 is 6.04 Å². The molecule has 2 aromatic carbocycles. The van der Waals surface area contributed by atoms with E-state index in [0.29, 0.717) is 18.3 Å². The van der Waals surface area contributed by atoms with Gasteiger partial charge in [-0.1, -0.05) is 72.7 Å². The smallest absolute Gasteiger partial charge is 0.318 e. The van der Waals surface area contributed by atoms with Crippen LogP contribution in [0.1, 0.15) is 61.6 Å². The molecule has 2 atom stereocenters. The summed E-state index contributed by atoms with van der Waals surface area (Å²) in [5.74, 6) is 0.134. The fraction of sp³-hybridized carbons (Fsp3) is 0.375. The van der Waals surface area contributed by atoms with Crippen molar-refractivity contribution in [2.24, 2.45) is 0 Å². The lowest BCUT2D eigenvalue weighted by atomic mass is 9.95. The standard InChI is InChI=1S/C24H28N4O2/c1-2-20(18-12-6-3-7-13-18)22(29)25-21(19-14-8-4-9-15-19)23-26-27-24(30-23)28-16-10-5-11-17-28/h3-4,6-9,12-15,20-21H,2,5,10-11,16-17H2,1H3,(H,25,29)/t20-,21-/m1/s1. The highest BCUT2D eigenvalue weighted by Gasteiger charge is 2.28. The van der Waals surface area contributed by atoms with Crippen molar-refractivity contribution in [2.45, 2.75) is 44.6 Å². The number of hydrogen-bond acceptors (Lipinski definition) is 5. The summed E-state index contributed by atoms with van der Waals surface area (Å²) < 4.78 is 6.05. The third-order valence-corrected chi connectivity index (χ3v) is 5.65. The van der Waals surface area contributed by atoms with Crippen LogP contribution in [0.15, 0.2) is 65.1 Å². The van der Waals surface area contributed by atoms with Crippen molar-refractivity contribution in [1.29, 1.82) is 0 Å². The van der Waals surface area contributed by atoms with Crippen LogP contribution in [-0.4, -0.2) is 29.2 Å². The average Bonchev–Trinajstić information content (AvgIpc) is 3.30. The summed E-state index contributed by atoms with van der Waals surface area (Å²) >= 11 is 0. The number of hydrogen-bond donors (Lipinski definition) is 1. The van der Waals surface area contributed by atoms with Crippen molar-refractivity contribution in [3.63, 3.8) is 0 Å². The Bertz CT molecular complexity index is 936. The Hall–Kier alpha value is -3.15. The lowest BCUT2D eigenvalue weighted by Crippen LogP contribution is -2.33. The molecule has 2 heterocycles. The first kappa shape index (κ1) is 20.1. The molecular formula is C24H28N4O2. The Kier molecular flexibility index (Phi) is 6.42. The van der Waals surface area contributed by atoms with Gasteiger partial charge in [0.2, 0.25) is 11.8 Å². The van der Waals surface area contributed by atoms with Gasteiger partial charge < -0.3 is 14.6 Å². The first-order valence-corrected chi connectivity index (χ1v) is 10.7. The minimum atomic E-state index is -0.484. The predicted octanol–water partition coefficient (Wildman–Crippen LogP) is 4.46. The fourth-order valence-corrected chi connectivity index (χ4v) is 3.99. The lowest BCUT2D eigenvalue weighted by molar-refractivity contribution is -0.123. The topological polar surface area (TPSA) is 71.3 Å². The second-order valence-electron chi connectivity index (χ2n) is 7.69. The Morgan fingerprint density at radius 1 is 0.967 bits per heavy atom. The van der Waals surface area contributed by atoms with Gasteiger partial charge in [0, 0.05) is 13.1 Å². The molecule has 1 fully saturated rings. The second kappa shape index (κ2) is 9.57. The molecule has 0 unspecified atom stereocenters. The average molecular weight is 405 g/mol. The molecule has 156 valence electrons. The van der Waals surface area contributed by atoms with Gasteiger partial charge >= 0.3 is 6.01 Å². The molecule has 0 bridgehead atoms. The fourth-order valence-electron chi connectivity index (χ4n) is 3.99. The molecule has 0 radical (unpaired) electrons. The summed E-state index contributed by atoms with van der Waals surface area (Å²) in [7, 11) is 0. The van der Waals surface area contributed by atoms with Crippen LogP contribution in [0.4, 0.5) is 6.01 Å². The predicted molar refractivity (Wildman–Crippen MR) is 116 cm³/mol. The highest BCUT2D eigenvalue weighted by atomic mass is 16.4. The van der Waals surface area contributed by atoms with Crippen molar-refractivity contribution in [1.82, 2.24) is 15.5 Å². The second-order valence-corrected chi connectivity index (χ2v) is 7.69. The van der Waals surface area contributed by atoms with E-state index in [0.717, 1.165) is 37.1 Å². The van der Waals surface area contributed by atoms with Crippen molar-refractivity contribution >= 4 is 11.9 Å². The van der Waals surface area contributed by atoms with Gasteiger partial charge in [0.25, 0.3) is 0 Å². The summed E-state index contributed by atoms with van der Waals surface area (Å²) in [6.45, 7) is 3.88. The van der Waals surface area contributed by atoms with Crippen molar-refractivity contribution in [2.75, 3.05) is 18.0 Å². The molecule has 4 rings (SSSR count). The number of rotatable bonds is 7. The maximum absolute atomic E-state index is 13.2. The van der Waals surface area contributed by atoms with Gasteiger partial charge in [-0.05, 0) is 36.8 Å². The van der Waals surface area contributed by atoms with E-state index in [1.54, 1.807) is 0 Å². The van der Waals surface area contributed by atoms with Crippen LogP contribution in [-0.2, 0) is 4.79 Å². The van der Waals surface area contributed by atoms with Crippen LogP contribution in [0.25, 0.3) is 0 Å². The maximum atomic E-state index is 13.2. The molecule has 1 aromatic heterocycles. The zero-order valence-electron chi connectivity index (χ0n) is 17.3. The molecule has 0 aliphatic carbocycles. The van der Waals surface area contributed by atoms with Gasteiger partial charge in [0.1, 0.15) is 6.04 Å². The number of benzene rings is 2. The molecule has 1 aliphatic rings. The van der Waals surface area contributed by atoms with E-state index >= 15 is 0 Å². The molecule has 6 heteroatoms. The van der Waals surface area contributed by atoms with Crippen LogP contribution in [0.2, 0.25) is 0 Å². The third-order valence-electron chi connectivity index (χ3n) is 5.65. The summed E-state index contributed by atoms with van der Waals surface area (Å²) in [4.78, 5) is 15.4. The minimum Gasteiger partial charge on any atom is -0.405 e. The largest absolute Gasteiger partial charge is 0.405 e. The summed E-state index contributed by atoms with van der Waals surface area (Å²) in [5, 5.41) is 11.7. The van der Waals surface area contributed by atoms with Crippen LogP contribution in [0.5, 0.6) is 0 Å². The molecule has 3 aromatic rings. The zero-order chi connectivity index (χ0) is 20.8. The highest BCUT2D eigenvalue weighted by molar-refractivity contribution is 5.84. The first-order chi connectivity index (χ1) is 14.8. The van der Waals surface area contributed by atoms with E-state index in [1.807, 2.05) is 67.6 Å². The SMILES string of the molecule is CC[C@@H](C(=O)N[C@H](c1ccccc1)c1nnc(N2CCCCC2)o1)c1ccccc1. The normalized spacial score (nSPS) is 16.1. The Morgan fingerprint density at radius 3 is 2.23 bits per heavy atom. The van der Waals surface area contributed by atoms with E-state index in [1.165, 1.54) is 6.42 Å². The van der Waals surface area contributed by atoms with Crippen molar-refractivity contribution in [3.05, 3.63) is 77.7 Å². The highest BCUT2D eigenvalue weighted by Crippen LogP contribution is 2.27. The number of nitrogens with zero attached hydrogens (tertiary/aromatic N) is 3. The van der Waals surface area contributed by atoms with E-state index in [2.05, 4.69) is 20.4 Å². The van der Waals surface area contributed by atoms with Gasteiger partial charge in [-0.2, -0.15) is 0 Å². The molecule has 30 heavy (non-hydrogen) atoms. The van der Waals surface area contributed by atoms with Gasteiger partial charge in [-0.25, -0.2) is 0 Å². The van der Waals surface area contributed by atoms with Gasteiger partial charge in [0.05, 0.1) is 5.92 Å². The van der Waals surface area contributed by atoms with Crippen LogP contribution in [0, 0.1) is 0 Å². The van der Waals surface area contributed by atoms with Crippen molar-refractivity contribution < 1.29 is 9.21 Å². The van der Waals surface area contributed by atoms with E-state index in [4.69, 9.17) is 4.42 Å². The van der Waals surface area contributed by atoms with Crippen LogP contribution >= 0.6 is 0 Å². The number of aromatic nitrogens is 2. The summed E-state index contributed by atoms with van der Waals surface area (Å²) in [6, 6.07) is 19.7.